The van der Waals surface area contributed by atoms with Gasteiger partial charge in [0.15, 0.2) is 16.7 Å². The predicted molar refractivity (Wildman–Crippen MR) is 63.0 cm³/mol. The van der Waals surface area contributed by atoms with E-state index in [1.807, 2.05) is 6.92 Å². The number of ether oxygens (including phenoxy) is 1. The van der Waals surface area contributed by atoms with Crippen molar-refractivity contribution in [3.63, 3.8) is 0 Å². The van der Waals surface area contributed by atoms with Crippen LogP contribution in [0.25, 0.3) is 0 Å². The van der Waals surface area contributed by atoms with Gasteiger partial charge in [0.05, 0.1) is 7.11 Å². The lowest BCUT2D eigenvalue weighted by atomic mass is 10.2. The molecule has 1 aromatic rings. The molecule has 1 atom stereocenters. The smallest absolute Gasteiger partial charge is 0.198 e. The Morgan fingerprint density at radius 2 is 2.31 bits per heavy atom. The highest BCUT2D eigenvalue weighted by Gasteiger charge is 2.12. The molecule has 0 aliphatic rings. The van der Waals surface area contributed by atoms with Crippen LogP contribution in [0.4, 0.5) is 5.82 Å². The van der Waals surface area contributed by atoms with Crippen LogP contribution in [0.15, 0.2) is 6.33 Å². The summed E-state index contributed by atoms with van der Waals surface area (Å²) in [5.41, 5.74) is 0. The lowest BCUT2D eigenvalue weighted by Gasteiger charge is -2.16. The van der Waals surface area contributed by atoms with Crippen LogP contribution >= 0.6 is 11.6 Å². The highest BCUT2D eigenvalue weighted by atomic mass is 35.5. The van der Waals surface area contributed by atoms with Crippen LogP contribution < -0.4 is 10.1 Å². The quantitative estimate of drug-likeness (QED) is 0.747. The Morgan fingerprint density at radius 3 is 2.94 bits per heavy atom. The van der Waals surface area contributed by atoms with Crippen molar-refractivity contribution < 1.29 is 9.84 Å². The summed E-state index contributed by atoms with van der Waals surface area (Å²) in [6.45, 7) is 2.19. The summed E-state index contributed by atoms with van der Waals surface area (Å²) in [4.78, 5) is 7.89. The number of anilines is 1. The van der Waals surface area contributed by atoms with Crippen LogP contribution in [0.1, 0.15) is 19.8 Å². The molecule has 1 unspecified atom stereocenters. The van der Waals surface area contributed by atoms with Crippen molar-refractivity contribution in [2.24, 2.45) is 0 Å². The summed E-state index contributed by atoms with van der Waals surface area (Å²) in [6, 6.07) is 0.187. The largest absolute Gasteiger partial charge is 0.490 e. The predicted octanol–water partition coefficient (Wildman–Crippen LogP) is 1.71. The van der Waals surface area contributed by atoms with Crippen LogP contribution in [0.5, 0.6) is 5.75 Å². The molecule has 1 aromatic heterocycles. The third-order valence-corrected chi connectivity index (χ3v) is 2.41. The van der Waals surface area contributed by atoms with Gasteiger partial charge in [-0.15, -0.1) is 0 Å². The molecule has 0 aromatic carbocycles. The van der Waals surface area contributed by atoms with Gasteiger partial charge in [0.2, 0.25) is 0 Å². The number of halogens is 1. The van der Waals surface area contributed by atoms with Gasteiger partial charge in [0.25, 0.3) is 0 Å². The maximum atomic E-state index is 8.73. The van der Waals surface area contributed by atoms with Gasteiger partial charge in [-0.3, -0.25) is 0 Å². The molecule has 2 N–H and O–H groups in total. The second-order valence-electron chi connectivity index (χ2n) is 3.46. The number of aliphatic hydroxyl groups is 1. The van der Waals surface area contributed by atoms with Gasteiger partial charge in [-0.2, -0.15) is 0 Å². The molecule has 16 heavy (non-hydrogen) atoms. The van der Waals surface area contributed by atoms with Crippen LogP contribution in [0.2, 0.25) is 5.15 Å². The maximum absolute atomic E-state index is 8.73. The summed E-state index contributed by atoms with van der Waals surface area (Å²) < 4.78 is 5.11. The van der Waals surface area contributed by atoms with Crippen LogP contribution in [0.3, 0.4) is 0 Å². The van der Waals surface area contributed by atoms with Crippen molar-refractivity contribution in [1.82, 2.24) is 9.97 Å². The first-order valence-corrected chi connectivity index (χ1v) is 5.48. The minimum Gasteiger partial charge on any atom is -0.490 e. The van der Waals surface area contributed by atoms with Gasteiger partial charge in [0.1, 0.15) is 6.33 Å². The summed E-state index contributed by atoms with van der Waals surface area (Å²) in [7, 11) is 1.52. The Bertz CT molecular complexity index is 336. The van der Waals surface area contributed by atoms with E-state index in [1.165, 1.54) is 13.4 Å². The third-order valence-electron chi connectivity index (χ3n) is 2.14. The minimum absolute atomic E-state index is 0.187. The maximum Gasteiger partial charge on any atom is 0.198 e. The Hall–Kier alpha value is -1.07. The van der Waals surface area contributed by atoms with Crippen molar-refractivity contribution in [3.05, 3.63) is 11.5 Å². The average Bonchev–Trinajstić information content (AvgIpc) is 2.27. The molecule has 0 fully saturated rings. The summed E-state index contributed by atoms with van der Waals surface area (Å²) in [6.07, 6.45) is 2.97. The molecule has 90 valence electrons. The van der Waals surface area contributed by atoms with Crippen LogP contribution in [-0.4, -0.2) is 34.8 Å². The van der Waals surface area contributed by atoms with E-state index < -0.39 is 0 Å². The number of methoxy groups -OCH3 is 1. The van der Waals surface area contributed by atoms with E-state index in [9.17, 15) is 0 Å². The number of rotatable bonds is 6. The minimum atomic E-state index is 0.187. The zero-order valence-electron chi connectivity index (χ0n) is 9.40. The normalized spacial score (nSPS) is 12.2. The first-order valence-electron chi connectivity index (χ1n) is 5.11. The van der Waals surface area contributed by atoms with Gasteiger partial charge >= 0.3 is 0 Å². The van der Waals surface area contributed by atoms with Crippen molar-refractivity contribution in [2.45, 2.75) is 25.8 Å². The summed E-state index contributed by atoms with van der Waals surface area (Å²) in [5, 5.41) is 12.2. The fraction of sp³-hybridized carbons (Fsp3) is 0.600. The van der Waals surface area contributed by atoms with Gasteiger partial charge in [-0.1, -0.05) is 11.6 Å². The molecule has 0 aliphatic carbocycles. The third kappa shape index (κ3) is 3.50. The van der Waals surface area contributed by atoms with Crippen LogP contribution in [-0.2, 0) is 0 Å². The Morgan fingerprint density at radius 1 is 1.56 bits per heavy atom. The van der Waals surface area contributed by atoms with E-state index >= 15 is 0 Å². The molecule has 5 nitrogen and oxygen atoms in total. The van der Waals surface area contributed by atoms with Gasteiger partial charge < -0.3 is 15.2 Å². The second kappa shape index (κ2) is 6.50. The highest BCUT2D eigenvalue weighted by Crippen LogP contribution is 2.28. The molecule has 0 spiro atoms. The first-order chi connectivity index (χ1) is 7.69. The molecule has 0 radical (unpaired) electrons. The number of aromatic nitrogens is 2. The summed E-state index contributed by atoms with van der Waals surface area (Å²) >= 11 is 5.86. The average molecular weight is 246 g/mol. The van der Waals surface area contributed by atoms with Crippen molar-refractivity contribution >= 4 is 17.4 Å². The Kier molecular flexibility index (Phi) is 5.28. The molecule has 6 heteroatoms. The summed E-state index contributed by atoms with van der Waals surface area (Å²) in [5.74, 6) is 1.02. The number of aliphatic hydroxyl groups excluding tert-OH is 1. The zero-order valence-corrected chi connectivity index (χ0v) is 10.2. The molecule has 0 amide bonds. The number of nitrogens with zero attached hydrogens (tertiary/aromatic N) is 2. The molecule has 0 saturated heterocycles. The van der Waals surface area contributed by atoms with Gasteiger partial charge in [-0.05, 0) is 19.8 Å². The standard InChI is InChI=1S/C10H16ClN3O2/c1-7(4-3-5-15)14-10-8(16-2)9(11)12-6-13-10/h6-7,15H,3-5H2,1-2H3,(H,12,13,14). The zero-order chi connectivity index (χ0) is 12.0. The fourth-order valence-corrected chi connectivity index (χ4v) is 1.55. The number of hydrogen-bond donors (Lipinski definition) is 2. The first kappa shape index (κ1) is 13.0. The van der Waals surface area contributed by atoms with E-state index in [0.717, 1.165) is 12.8 Å². The molecule has 1 heterocycles. The van der Waals surface area contributed by atoms with E-state index in [4.69, 9.17) is 21.4 Å². The molecular formula is C10H16ClN3O2. The van der Waals surface area contributed by atoms with E-state index in [2.05, 4.69) is 15.3 Å². The SMILES string of the molecule is COc1c(Cl)ncnc1NC(C)CCCO. The topological polar surface area (TPSA) is 67.3 Å². The van der Waals surface area contributed by atoms with Crippen molar-refractivity contribution in [1.29, 1.82) is 0 Å². The number of nitrogens with one attached hydrogen (secondary N) is 1. The van der Waals surface area contributed by atoms with E-state index in [0.29, 0.717) is 11.6 Å². The lowest BCUT2D eigenvalue weighted by Crippen LogP contribution is -2.17. The molecule has 0 aliphatic heterocycles. The molecule has 0 bridgehead atoms. The van der Waals surface area contributed by atoms with E-state index in [1.54, 1.807) is 0 Å². The van der Waals surface area contributed by atoms with E-state index in [-0.39, 0.29) is 17.8 Å². The molecular weight excluding hydrogens is 230 g/mol. The van der Waals surface area contributed by atoms with Gasteiger partial charge in [0, 0.05) is 12.6 Å². The monoisotopic (exact) mass is 245 g/mol. The number of hydrogen-bond acceptors (Lipinski definition) is 5. The second-order valence-corrected chi connectivity index (χ2v) is 3.82. The van der Waals surface area contributed by atoms with Crippen molar-refractivity contribution in [3.8, 4) is 5.75 Å². The van der Waals surface area contributed by atoms with Crippen molar-refractivity contribution in [2.75, 3.05) is 19.0 Å². The lowest BCUT2D eigenvalue weighted by molar-refractivity contribution is 0.282. The van der Waals surface area contributed by atoms with Gasteiger partial charge in [-0.25, -0.2) is 9.97 Å². The fourth-order valence-electron chi connectivity index (χ4n) is 1.34. The highest BCUT2D eigenvalue weighted by molar-refractivity contribution is 6.31. The Labute approximate surface area is 99.8 Å². The molecule has 1 rings (SSSR count). The molecule has 0 saturated carbocycles. The Balaban J connectivity index is 2.69. The van der Waals surface area contributed by atoms with Crippen LogP contribution in [0, 0.1) is 0 Å².